The van der Waals surface area contributed by atoms with Crippen LogP contribution in [0.25, 0.3) is 0 Å². The van der Waals surface area contributed by atoms with Gasteiger partial charge in [0.05, 0.1) is 17.0 Å². The van der Waals surface area contributed by atoms with Crippen molar-refractivity contribution in [1.82, 2.24) is 0 Å². The molecule has 2 aliphatic heterocycles. The highest BCUT2D eigenvalue weighted by molar-refractivity contribution is 6.08. The maximum atomic E-state index is 9.97. The van der Waals surface area contributed by atoms with Crippen LogP contribution in [0.5, 0.6) is 0 Å². The van der Waals surface area contributed by atoms with Crippen LogP contribution < -0.4 is 4.90 Å². The SMILES string of the molecule is CN1/C(=C(C#N)\C=C\C2=Nc3ccccc3C2(C)C)C(C)(C)c2ccccc21. The summed E-state index contributed by atoms with van der Waals surface area (Å²) < 4.78 is 0. The van der Waals surface area contributed by atoms with Gasteiger partial charge in [-0.05, 0) is 35.4 Å². The summed E-state index contributed by atoms with van der Waals surface area (Å²) in [6.45, 7) is 8.73. The summed E-state index contributed by atoms with van der Waals surface area (Å²) in [5.74, 6) is 0. The number of para-hydroxylation sites is 2. The second kappa shape index (κ2) is 6.21. The van der Waals surface area contributed by atoms with Crippen LogP contribution >= 0.6 is 0 Å². The molecule has 0 saturated heterocycles. The van der Waals surface area contributed by atoms with Gasteiger partial charge in [0.15, 0.2) is 0 Å². The van der Waals surface area contributed by atoms with Crippen molar-refractivity contribution in [2.24, 2.45) is 4.99 Å². The van der Waals surface area contributed by atoms with Crippen LogP contribution in [0, 0.1) is 11.3 Å². The summed E-state index contributed by atoms with van der Waals surface area (Å²) in [5.41, 5.74) is 6.96. The number of allylic oxidation sites excluding steroid dienone is 4. The summed E-state index contributed by atoms with van der Waals surface area (Å²) in [6.07, 6.45) is 3.95. The van der Waals surface area contributed by atoms with E-state index in [1.807, 2.05) is 37.4 Å². The second-order valence-corrected chi connectivity index (χ2v) is 8.55. The highest BCUT2D eigenvalue weighted by Gasteiger charge is 2.40. The number of fused-ring (bicyclic) bond motifs is 2. The predicted octanol–water partition coefficient (Wildman–Crippen LogP) is 5.81. The lowest BCUT2D eigenvalue weighted by atomic mass is 9.80. The van der Waals surface area contributed by atoms with E-state index in [0.29, 0.717) is 5.57 Å². The van der Waals surface area contributed by atoms with Gasteiger partial charge in [-0.1, -0.05) is 64.1 Å². The molecule has 3 nitrogen and oxygen atoms in total. The van der Waals surface area contributed by atoms with Gasteiger partial charge in [-0.3, -0.25) is 4.99 Å². The number of benzene rings is 2. The van der Waals surface area contributed by atoms with Crippen molar-refractivity contribution >= 4 is 17.1 Å². The van der Waals surface area contributed by atoms with Crippen molar-refractivity contribution in [3.8, 4) is 6.07 Å². The fourth-order valence-corrected chi connectivity index (χ4v) is 4.56. The van der Waals surface area contributed by atoms with Gasteiger partial charge in [-0.15, -0.1) is 0 Å². The second-order valence-electron chi connectivity index (χ2n) is 8.55. The summed E-state index contributed by atoms with van der Waals surface area (Å²) in [7, 11) is 2.04. The number of nitriles is 1. The molecule has 3 heteroatoms. The van der Waals surface area contributed by atoms with Gasteiger partial charge in [0, 0.05) is 29.3 Å². The van der Waals surface area contributed by atoms with Crippen molar-refractivity contribution in [3.05, 3.63) is 83.1 Å². The maximum absolute atomic E-state index is 9.97. The molecule has 2 heterocycles. The van der Waals surface area contributed by atoms with Gasteiger partial charge in [-0.2, -0.15) is 5.26 Å². The molecule has 28 heavy (non-hydrogen) atoms. The molecule has 0 spiro atoms. The fourth-order valence-electron chi connectivity index (χ4n) is 4.56. The lowest BCUT2D eigenvalue weighted by Gasteiger charge is -2.25. The summed E-state index contributed by atoms with van der Waals surface area (Å²) in [4.78, 5) is 6.96. The number of aliphatic imine (C=N–C) groups is 1. The molecule has 0 saturated carbocycles. The van der Waals surface area contributed by atoms with Crippen LogP contribution in [0.15, 0.2) is 76.9 Å². The Hall–Kier alpha value is -3.12. The Balaban J connectivity index is 1.77. The summed E-state index contributed by atoms with van der Waals surface area (Å²) in [6, 6.07) is 19.1. The Morgan fingerprint density at radius 2 is 1.61 bits per heavy atom. The van der Waals surface area contributed by atoms with Crippen LogP contribution in [-0.2, 0) is 10.8 Å². The predicted molar refractivity (Wildman–Crippen MR) is 116 cm³/mol. The van der Waals surface area contributed by atoms with Gasteiger partial charge in [-0.25, -0.2) is 0 Å². The molecule has 0 unspecified atom stereocenters. The number of hydrogen-bond acceptors (Lipinski definition) is 3. The van der Waals surface area contributed by atoms with E-state index in [4.69, 9.17) is 4.99 Å². The van der Waals surface area contributed by atoms with Gasteiger partial charge >= 0.3 is 0 Å². The number of nitrogens with zero attached hydrogens (tertiary/aromatic N) is 3. The maximum Gasteiger partial charge on any atom is 0.101 e. The van der Waals surface area contributed by atoms with Crippen LogP contribution in [0.3, 0.4) is 0 Å². The zero-order valence-electron chi connectivity index (χ0n) is 17.1. The molecule has 0 amide bonds. The molecule has 2 aromatic carbocycles. The minimum atomic E-state index is -0.225. The van der Waals surface area contributed by atoms with Crippen molar-refractivity contribution in [3.63, 3.8) is 0 Å². The molecule has 0 aromatic heterocycles. The van der Waals surface area contributed by atoms with Gasteiger partial charge in [0.25, 0.3) is 0 Å². The van der Waals surface area contributed by atoms with Crippen LogP contribution in [0.4, 0.5) is 11.4 Å². The molecule has 0 aliphatic carbocycles. The lowest BCUT2D eigenvalue weighted by Crippen LogP contribution is -2.25. The molecule has 2 aromatic rings. The van der Waals surface area contributed by atoms with Crippen molar-refractivity contribution < 1.29 is 0 Å². The van der Waals surface area contributed by atoms with E-state index >= 15 is 0 Å². The first-order valence-electron chi connectivity index (χ1n) is 9.63. The molecule has 0 radical (unpaired) electrons. The van der Waals surface area contributed by atoms with Crippen LogP contribution in [0.1, 0.15) is 38.8 Å². The quantitative estimate of drug-likeness (QED) is 0.628. The first kappa shape index (κ1) is 18.3. The van der Waals surface area contributed by atoms with E-state index in [-0.39, 0.29) is 10.8 Å². The molecule has 4 rings (SSSR count). The first-order valence-corrected chi connectivity index (χ1v) is 9.63. The standard InChI is InChI=1S/C25H25N3/c1-24(2)18-10-6-8-12-20(18)27-22(24)15-14-17(16-26)23-25(3,4)19-11-7-9-13-21(19)28(23)5/h6-15H,1-5H3/b15-14+,23-17+. The Kier molecular flexibility index (Phi) is 4.05. The third-order valence-corrected chi connectivity index (χ3v) is 6.11. The van der Waals surface area contributed by atoms with E-state index in [0.717, 1.165) is 22.8 Å². The smallest absolute Gasteiger partial charge is 0.101 e. The highest BCUT2D eigenvalue weighted by Crippen LogP contribution is 2.48. The Morgan fingerprint density at radius 3 is 2.25 bits per heavy atom. The number of likely N-dealkylation sites (N-methyl/N-ethyl adjacent to an activating group) is 1. The largest absolute Gasteiger partial charge is 0.346 e. The minimum Gasteiger partial charge on any atom is -0.346 e. The Labute approximate surface area is 167 Å². The molecule has 0 atom stereocenters. The molecule has 140 valence electrons. The zero-order valence-corrected chi connectivity index (χ0v) is 17.1. The Bertz CT molecular complexity index is 1090. The van der Waals surface area contributed by atoms with Gasteiger partial charge in [0.2, 0.25) is 0 Å². The molecular formula is C25H25N3. The van der Waals surface area contributed by atoms with Crippen LogP contribution in [-0.4, -0.2) is 12.8 Å². The van der Waals surface area contributed by atoms with Crippen molar-refractivity contribution in [2.45, 2.75) is 38.5 Å². The molecule has 0 fully saturated rings. The molecule has 0 bridgehead atoms. The monoisotopic (exact) mass is 367 g/mol. The average Bonchev–Trinajstić information content (AvgIpc) is 3.05. The van der Waals surface area contributed by atoms with Gasteiger partial charge < -0.3 is 4.90 Å². The number of hydrogen-bond donors (Lipinski definition) is 0. The Morgan fingerprint density at radius 1 is 0.964 bits per heavy atom. The number of anilines is 1. The zero-order chi connectivity index (χ0) is 20.1. The number of rotatable bonds is 2. The van der Waals surface area contributed by atoms with E-state index in [1.54, 1.807) is 0 Å². The first-order chi connectivity index (χ1) is 13.3. The van der Waals surface area contributed by atoms with Crippen molar-refractivity contribution in [2.75, 3.05) is 11.9 Å². The average molecular weight is 367 g/mol. The third kappa shape index (κ3) is 2.52. The normalized spacial score (nSPS) is 20.6. The summed E-state index contributed by atoms with van der Waals surface area (Å²) in [5, 5.41) is 9.97. The van der Waals surface area contributed by atoms with E-state index in [1.165, 1.54) is 11.1 Å². The lowest BCUT2D eigenvalue weighted by molar-refractivity contribution is 0.637. The van der Waals surface area contributed by atoms with E-state index < -0.39 is 0 Å². The van der Waals surface area contributed by atoms with Crippen LogP contribution in [0.2, 0.25) is 0 Å². The molecule has 2 aliphatic rings. The van der Waals surface area contributed by atoms with E-state index in [9.17, 15) is 5.26 Å². The molecule has 0 N–H and O–H groups in total. The van der Waals surface area contributed by atoms with Crippen molar-refractivity contribution in [1.29, 1.82) is 5.26 Å². The topological polar surface area (TPSA) is 39.4 Å². The van der Waals surface area contributed by atoms with E-state index in [2.05, 4.69) is 69.0 Å². The minimum absolute atomic E-state index is 0.168. The highest BCUT2D eigenvalue weighted by atomic mass is 15.2. The molecular weight excluding hydrogens is 342 g/mol. The fraction of sp³-hybridized carbons (Fsp3) is 0.280. The van der Waals surface area contributed by atoms with Gasteiger partial charge in [0.1, 0.15) is 6.07 Å². The third-order valence-electron chi connectivity index (χ3n) is 6.11. The summed E-state index contributed by atoms with van der Waals surface area (Å²) >= 11 is 0.